The van der Waals surface area contributed by atoms with E-state index in [9.17, 15) is 14.7 Å². The first-order chi connectivity index (χ1) is 15.9. The van der Waals surface area contributed by atoms with Gasteiger partial charge in [-0.15, -0.1) is 0 Å². The van der Waals surface area contributed by atoms with Crippen LogP contribution in [0.4, 0.5) is 0 Å². The maximum absolute atomic E-state index is 13.2. The Morgan fingerprint density at radius 2 is 1.85 bits per heavy atom. The summed E-state index contributed by atoms with van der Waals surface area (Å²) in [4.78, 5) is 32.0. The highest BCUT2D eigenvalue weighted by Gasteiger charge is 2.46. The third kappa shape index (κ3) is 4.24. The number of pyridine rings is 1. The van der Waals surface area contributed by atoms with E-state index >= 15 is 0 Å². The number of aryl methyl sites for hydroxylation is 2. The largest absolute Gasteiger partial charge is 0.507 e. The van der Waals surface area contributed by atoms with Gasteiger partial charge in [0, 0.05) is 24.5 Å². The first-order valence-corrected chi connectivity index (χ1v) is 10.9. The molecule has 4 rings (SSSR count). The lowest BCUT2D eigenvalue weighted by molar-refractivity contribution is -0.140. The fourth-order valence-electron chi connectivity index (χ4n) is 4.22. The number of hydrogen-bond donors (Lipinski definition) is 1. The third-order valence-corrected chi connectivity index (χ3v) is 5.85. The molecule has 1 N–H and O–H groups in total. The van der Waals surface area contributed by atoms with Crippen LogP contribution in [0.2, 0.25) is 0 Å². The summed E-state index contributed by atoms with van der Waals surface area (Å²) in [5.41, 5.74) is 3.91. The summed E-state index contributed by atoms with van der Waals surface area (Å²) >= 11 is 0. The minimum absolute atomic E-state index is 0.0850. The number of aromatic nitrogens is 1. The summed E-state index contributed by atoms with van der Waals surface area (Å²) in [7, 11) is 0. The number of amides is 1. The van der Waals surface area contributed by atoms with Crippen molar-refractivity contribution in [2.75, 3.05) is 6.61 Å². The molecule has 6 nitrogen and oxygen atoms in total. The molecule has 1 saturated heterocycles. The second kappa shape index (κ2) is 9.28. The fourth-order valence-corrected chi connectivity index (χ4v) is 4.22. The van der Waals surface area contributed by atoms with Crippen LogP contribution in [0.15, 0.2) is 72.6 Å². The van der Waals surface area contributed by atoms with Crippen molar-refractivity contribution in [3.05, 3.63) is 100 Å². The van der Waals surface area contributed by atoms with Crippen molar-refractivity contribution < 1.29 is 19.4 Å². The Labute approximate surface area is 193 Å². The predicted molar refractivity (Wildman–Crippen MR) is 126 cm³/mol. The smallest absolute Gasteiger partial charge is 0.295 e. The van der Waals surface area contributed by atoms with Crippen molar-refractivity contribution in [1.29, 1.82) is 0 Å². The van der Waals surface area contributed by atoms with Gasteiger partial charge in [0.25, 0.3) is 11.7 Å². The molecule has 1 fully saturated rings. The highest BCUT2D eigenvalue weighted by Crippen LogP contribution is 2.41. The number of aliphatic hydroxyl groups excluding tert-OH is 1. The number of ether oxygens (including phenoxy) is 1. The first-order valence-electron chi connectivity index (χ1n) is 10.9. The van der Waals surface area contributed by atoms with Crippen LogP contribution in [0.25, 0.3) is 5.76 Å². The van der Waals surface area contributed by atoms with Crippen LogP contribution >= 0.6 is 0 Å². The number of aliphatic hydroxyl groups is 1. The number of nitrogens with zero attached hydrogens (tertiary/aromatic N) is 2. The van der Waals surface area contributed by atoms with Gasteiger partial charge in [0.1, 0.15) is 11.5 Å². The maximum Gasteiger partial charge on any atom is 0.295 e. The van der Waals surface area contributed by atoms with Crippen molar-refractivity contribution >= 4 is 17.4 Å². The molecule has 2 aromatic carbocycles. The lowest BCUT2D eigenvalue weighted by Gasteiger charge is -2.26. The van der Waals surface area contributed by atoms with E-state index in [0.717, 1.165) is 22.3 Å². The van der Waals surface area contributed by atoms with E-state index in [0.29, 0.717) is 17.9 Å². The van der Waals surface area contributed by atoms with Crippen molar-refractivity contribution in [3.63, 3.8) is 0 Å². The van der Waals surface area contributed by atoms with Gasteiger partial charge < -0.3 is 14.7 Å². The highest BCUT2D eigenvalue weighted by molar-refractivity contribution is 6.46. The lowest BCUT2D eigenvalue weighted by Crippen LogP contribution is -2.29. The van der Waals surface area contributed by atoms with Gasteiger partial charge in [0.15, 0.2) is 0 Å². The molecular weight excluding hydrogens is 416 g/mol. The molecule has 3 aromatic rings. The monoisotopic (exact) mass is 442 g/mol. The molecule has 33 heavy (non-hydrogen) atoms. The van der Waals surface area contributed by atoms with Crippen molar-refractivity contribution in [3.8, 4) is 5.75 Å². The summed E-state index contributed by atoms with van der Waals surface area (Å²) in [6, 6.07) is 15.8. The van der Waals surface area contributed by atoms with Crippen LogP contribution in [-0.4, -0.2) is 33.3 Å². The van der Waals surface area contributed by atoms with Crippen LogP contribution < -0.4 is 4.74 Å². The molecule has 2 heterocycles. The minimum Gasteiger partial charge on any atom is -0.507 e. The molecule has 6 heteroatoms. The SMILES string of the molecule is CCOc1ccc(/C(O)=C2\C(=O)C(=O)N(Cc3cccnc3)C2c2ccccc2C)cc1C. The quantitative estimate of drug-likeness (QED) is 0.339. The Balaban J connectivity index is 1.86. The van der Waals surface area contributed by atoms with Crippen LogP contribution in [0.3, 0.4) is 0 Å². The van der Waals surface area contributed by atoms with Crippen LogP contribution in [-0.2, 0) is 16.1 Å². The van der Waals surface area contributed by atoms with E-state index in [1.807, 2.05) is 51.1 Å². The zero-order chi connectivity index (χ0) is 23.5. The summed E-state index contributed by atoms with van der Waals surface area (Å²) in [6.45, 7) is 6.44. The highest BCUT2D eigenvalue weighted by atomic mass is 16.5. The molecule has 1 unspecified atom stereocenters. The number of ketones is 1. The van der Waals surface area contributed by atoms with Crippen LogP contribution in [0, 0.1) is 13.8 Å². The molecule has 0 aliphatic carbocycles. The Kier molecular flexibility index (Phi) is 6.27. The van der Waals surface area contributed by atoms with E-state index in [1.165, 1.54) is 4.90 Å². The second-order valence-corrected chi connectivity index (χ2v) is 8.06. The standard InChI is InChI=1S/C27H26N2O4/c1-4-33-22-12-11-20(14-18(22)3)25(30)23-24(21-10-6-5-8-17(21)2)29(27(32)26(23)31)16-19-9-7-13-28-15-19/h5-15,24,30H,4,16H2,1-3H3/b25-23+. The molecule has 168 valence electrons. The molecule has 1 aliphatic heterocycles. The van der Waals surface area contributed by atoms with Gasteiger partial charge in [-0.3, -0.25) is 14.6 Å². The number of rotatable bonds is 6. The summed E-state index contributed by atoms with van der Waals surface area (Å²) in [6.07, 6.45) is 3.33. The summed E-state index contributed by atoms with van der Waals surface area (Å²) in [5.74, 6) is -0.824. The van der Waals surface area contributed by atoms with Crippen molar-refractivity contribution in [1.82, 2.24) is 9.88 Å². The minimum atomic E-state index is -0.710. The Bertz CT molecular complexity index is 1230. The summed E-state index contributed by atoms with van der Waals surface area (Å²) < 4.78 is 5.59. The number of hydrogen-bond acceptors (Lipinski definition) is 5. The van der Waals surface area contributed by atoms with E-state index in [1.54, 1.807) is 36.7 Å². The molecule has 1 atom stereocenters. The predicted octanol–water partition coefficient (Wildman–Crippen LogP) is 4.72. The molecule has 0 radical (unpaired) electrons. The molecule has 1 amide bonds. The van der Waals surface area contributed by atoms with Gasteiger partial charge in [0.2, 0.25) is 0 Å². The Morgan fingerprint density at radius 3 is 2.52 bits per heavy atom. The van der Waals surface area contributed by atoms with Crippen molar-refractivity contribution in [2.24, 2.45) is 0 Å². The van der Waals surface area contributed by atoms with Crippen LogP contribution in [0.1, 0.15) is 40.8 Å². The second-order valence-electron chi connectivity index (χ2n) is 8.06. The average molecular weight is 443 g/mol. The van der Waals surface area contributed by atoms with Gasteiger partial charge >= 0.3 is 0 Å². The molecule has 1 aliphatic rings. The topological polar surface area (TPSA) is 79.7 Å². The first kappa shape index (κ1) is 22.3. The zero-order valence-corrected chi connectivity index (χ0v) is 18.9. The van der Waals surface area contributed by atoms with E-state index in [-0.39, 0.29) is 17.9 Å². The van der Waals surface area contributed by atoms with Gasteiger partial charge in [0.05, 0.1) is 18.2 Å². The Morgan fingerprint density at radius 1 is 1.06 bits per heavy atom. The van der Waals surface area contributed by atoms with Gasteiger partial charge in [-0.25, -0.2) is 0 Å². The van der Waals surface area contributed by atoms with E-state index < -0.39 is 17.7 Å². The lowest BCUT2D eigenvalue weighted by atomic mass is 9.92. The van der Waals surface area contributed by atoms with E-state index in [2.05, 4.69) is 4.98 Å². The summed E-state index contributed by atoms with van der Waals surface area (Å²) in [5, 5.41) is 11.3. The van der Waals surface area contributed by atoms with Crippen LogP contribution in [0.5, 0.6) is 5.75 Å². The zero-order valence-electron chi connectivity index (χ0n) is 18.9. The average Bonchev–Trinajstić information content (AvgIpc) is 3.06. The number of carbonyl (C=O) groups excluding carboxylic acids is 2. The van der Waals surface area contributed by atoms with Gasteiger partial charge in [-0.2, -0.15) is 0 Å². The molecule has 1 aromatic heterocycles. The molecule has 0 saturated carbocycles. The van der Waals surface area contributed by atoms with E-state index in [4.69, 9.17) is 4.74 Å². The Hall–Kier alpha value is -3.93. The molecular formula is C27H26N2O4. The number of likely N-dealkylation sites (tertiary alicyclic amines) is 1. The maximum atomic E-state index is 13.2. The number of benzene rings is 2. The molecule has 0 spiro atoms. The normalized spacial score (nSPS) is 17.4. The van der Waals surface area contributed by atoms with Gasteiger partial charge in [-0.05, 0) is 67.3 Å². The molecule has 0 bridgehead atoms. The van der Waals surface area contributed by atoms with Crippen molar-refractivity contribution in [2.45, 2.75) is 33.4 Å². The van der Waals surface area contributed by atoms with Gasteiger partial charge in [-0.1, -0.05) is 30.3 Å². The number of carbonyl (C=O) groups is 2. The third-order valence-electron chi connectivity index (χ3n) is 5.85. The fraction of sp³-hybridized carbons (Fsp3) is 0.222. The number of Topliss-reactive ketones (excluding diaryl/α,β-unsaturated/α-hetero) is 1.